The van der Waals surface area contributed by atoms with Crippen LogP contribution in [0.5, 0.6) is 6.01 Å². The number of nitriles is 1. The van der Waals surface area contributed by atoms with Crippen LogP contribution < -0.4 is 9.64 Å². The van der Waals surface area contributed by atoms with Crippen LogP contribution >= 0.6 is 11.6 Å². The molecule has 10 heteroatoms. The summed E-state index contributed by atoms with van der Waals surface area (Å²) in [6.45, 7) is 9.29. The first-order chi connectivity index (χ1) is 16.1. The minimum atomic E-state index is -0.538. The van der Waals surface area contributed by atoms with Crippen molar-refractivity contribution < 1.29 is 14.3 Å². The van der Waals surface area contributed by atoms with E-state index in [1.807, 2.05) is 20.8 Å². The Hall–Kier alpha value is -2.83. The van der Waals surface area contributed by atoms with Crippen molar-refractivity contribution in [3.05, 3.63) is 22.7 Å². The molecule has 4 rings (SSSR count). The van der Waals surface area contributed by atoms with Gasteiger partial charge in [0.05, 0.1) is 16.1 Å². The van der Waals surface area contributed by atoms with Gasteiger partial charge in [0.2, 0.25) is 0 Å². The van der Waals surface area contributed by atoms with Crippen molar-refractivity contribution in [1.82, 2.24) is 19.8 Å². The summed E-state index contributed by atoms with van der Waals surface area (Å²) < 4.78 is 11.5. The number of benzene rings is 1. The Labute approximate surface area is 205 Å². The number of aromatic nitrogens is 2. The molecule has 182 valence electrons. The Balaban J connectivity index is 1.58. The zero-order valence-electron chi connectivity index (χ0n) is 20.2. The van der Waals surface area contributed by atoms with E-state index in [0.29, 0.717) is 60.7 Å². The van der Waals surface area contributed by atoms with Crippen LogP contribution in [0.25, 0.3) is 10.9 Å². The summed E-state index contributed by atoms with van der Waals surface area (Å²) in [5, 5.41) is 10.6. The lowest BCUT2D eigenvalue weighted by Gasteiger charge is -2.36. The SMILES string of the molecule is CN1CCCC1COc1nc(N2CCN(C(=O)OC(C)(C)C)CC2)c2cc(C#N)c(Cl)cc2n1. The molecule has 9 nitrogen and oxygen atoms in total. The highest BCUT2D eigenvalue weighted by Crippen LogP contribution is 2.31. The highest BCUT2D eigenvalue weighted by atomic mass is 35.5. The van der Waals surface area contributed by atoms with E-state index in [1.165, 1.54) is 0 Å². The van der Waals surface area contributed by atoms with E-state index >= 15 is 0 Å². The normalized spacial score (nSPS) is 19.4. The minimum absolute atomic E-state index is 0.290. The maximum absolute atomic E-state index is 12.5. The number of piperazine rings is 1. The summed E-state index contributed by atoms with van der Waals surface area (Å²) in [6, 6.07) is 6.17. The smallest absolute Gasteiger partial charge is 0.410 e. The second kappa shape index (κ2) is 9.80. The molecule has 2 fully saturated rings. The lowest BCUT2D eigenvalue weighted by atomic mass is 10.1. The number of carbonyl (C=O) groups is 1. The summed E-state index contributed by atoms with van der Waals surface area (Å²) in [5.74, 6) is 0.678. The zero-order chi connectivity index (χ0) is 24.5. The second-order valence-electron chi connectivity index (χ2n) is 9.83. The van der Waals surface area contributed by atoms with Crippen LogP contribution in [0, 0.1) is 11.3 Å². The molecular formula is C24H31ClN6O3. The second-order valence-corrected chi connectivity index (χ2v) is 10.2. The fraction of sp³-hybridized carbons (Fsp3) is 0.583. The van der Waals surface area contributed by atoms with Gasteiger partial charge in [0.1, 0.15) is 24.1 Å². The van der Waals surface area contributed by atoms with Crippen LogP contribution in [0.4, 0.5) is 10.6 Å². The molecule has 1 unspecified atom stereocenters. The average molecular weight is 487 g/mol. The Kier molecular flexibility index (Phi) is 7.01. The Morgan fingerprint density at radius 1 is 1.21 bits per heavy atom. The lowest BCUT2D eigenvalue weighted by molar-refractivity contribution is 0.0240. The molecule has 0 saturated carbocycles. The van der Waals surface area contributed by atoms with Gasteiger partial charge in [-0.3, -0.25) is 0 Å². The number of hydrogen-bond acceptors (Lipinski definition) is 8. The number of likely N-dealkylation sites (tertiary alicyclic amines) is 1. The Morgan fingerprint density at radius 2 is 1.94 bits per heavy atom. The standard InChI is InChI=1S/C24H31ClN6O3/c1-24(2,3)34-23(32)31-10-8-30(9-11-31)21-18-12-16(14-26)19(25)13-20(18)27-22(28-21)33-15-17-6-5-7-29(17)4/h12-13,17H,5-11,15H2,1-4H3. The fourth-order valence-corrected chi connectivity index (χ4v) is 4.49. The van der Waals surface area contributed by atoms with E-state index in [-0.39, 0.29) is 12.1 Å². The first kappa shape index (κ1) is 24.3. The number of carbonyl (C=O) groups excluding carboxylic acids is 1. The van der Waals surface area contributed by atoms with Crippen LogP contribution in [0.15, 0.2) is 12.1 Å². The number of halogens is 1. The topological polar surface area (TPSA) is 94.8 Å². The molecule has 2 aliphatic heterocycles. The first-order valence-electron chi connectivity index (χ1n) is 11.6. The molecule has 1 aromatic carbocycles. The third kappa shape index (κ3) is 5.45. The van der Waals surface area contributed by atoms with E-state index in [2.05, 4.69) is 27.9 Å². The summed E-state index contributed by atoms with van der Waals surface area (Å²) in [6.07, 6.45) is 1.92. The molecule has 0 aliphatic carbocycles. The van der Waals surface area contributed by atoms with Crippen molar-refractivity contribution in [2.24, 2.45) is 0 Å². The molecule has 0 radical (unpaired) electrons. The number of ether oxygens (including phenoxy) is 2. The lowest BCUT2D eigenvalue weighted by Crippen LogP contribution is -2.50. The van der Waals surface area contributed by atoms with Crippen LogP contribution in [0.1, 0.15) is 39.2 Å². The molecule has 3 heterocycles. The van der Waals surface area contributed by atoms with Gasteiger partial charge in [-0.1, -0.05) is 11.6 Å². The van der Waals surface area contributed by atoms with E-state index in [9.17, 15) is 10.1 Å². The number of amides is 1. The molecule has 2 aromatic rings. The average Bonchev–Trinajstić information content (AvgIpc) is 3.20. The summed E-state index contributed by atoms with van der Waals surface area (Å²) in [4.78, 5) is 27.9. The van der Waals surface area contributed by atoms with Crippen LogP contribution in [0.2, 0.25) is 5.02 Å². The van der Waals surface area contributed by atoms with Crippen molar-refractivity contribution in [2.45, 2.75) is 45.3 Å². The number of fused-ring (bicyclic) bond motifs is 1. The number of nitrogens with zero attached hydrogens (tertiary/aromatic N) is 6. The van der Waals surface area contributed by atoms with Gasteiger partial charge in [-0.25, -0.2) is 4.79 Å². The van der Waals surface area contributed by atoms with Crippen molar-refractivity contribution in [1.29, 1.82) is 5.26 Å². The largest absolute Gasteiger partial charge is 0.462 e. The summed E-state index contributed by atoms with van der Waals surface area (Å²) in [7, 11) is 2.10. The monoisotopic (exact) mass is 486 g/mol. The van der Waals surface area contributed by atoms with E-state index in [4.69, 9.17) is 26.1 Å². The van der Waals surface area contributed by atoms with E-state index in [0.717, 1.165) is 24.8 Å². The van der Waals surface area contributed by atoms with E-state index < -0.39 is 5.60 Å². The van der Waals surface area contributed by atoms with Crippen LogP contribution in [-0.2, 0) is 4.74 Å². The predicted molar refractivity (Wildman–Crippen MR) is 130 cm³/mol. The van der Waals surface area contributed by atoms with Gasteiger partial charge in [0.25, 0.3) is 0 Å². The third-order valence-electron chi connectivity index (χ3n) is 6.17. The molecule has 1 aromatic heterocycles. The molecule has 0 N–H and O–H groups in total. The predicted octanol–water partition coefficient (Wildman–Crippen LogP) is 3.68. The van der Waals surface area contributed by atoms with Crippen LogP contribution in [0.3, 0.4) is 0 Å². The van der Waals surface area contributed by atoms with Gasteiger partial charge >= 0.3 is 12.1 Å². The van der Waals surface area contributed by atoms with Gasteiger partial charge in [-0.05, 0) is 59.3 Å². The zero-order valence-corrected chi connectivity index (χ0v) is 20.9. The van der Waals surface area contributed by atoms with Gasteiger partial charge < -0.3 is 24.2 Å². The molecular weight excluding hydrogens is 456 g/mol. The number of rotatable bonds is 4. The van der Waals surface area contributed by atoms with Gasteiger partial charge in [0, 0.05) is 37.6 Å². The number of likely N-dealkylation sites (N-methyl/N-ethyl adjacent to an activating group) is 1. The molecule has 1 amide bonds. The van der Waals surface area contributed by atoms with Gasteiger partial charge in [0.15, 0.2) is 0 Å². The van der Waals surface area contributed by atoms with Crippen molar-refractivity contribution in [3.8, 4) is 12.1 Å². The maximum atomic E-state index is 12.5. The molecule has 2 saturated heterocycles. The van der Waals surface area contributed by atoms with Crippen molar-refractivity contribution in [3.63, 3.8) is 0 Å². The van der Waals surface area contributed by atoms with Gasteiger partial charge in [-0.15, -0.1) is 0 Å². The number of anilines is 1. The third-order valence-corrected chi connectivity index (χ3v) is 6.48. The highest BCUT2D eigenvalue weighted by Gasteiger charge is 2.28. The number of hydrogen-bond donors (Lipinski definition) is 0. The molecule has 2 aliphatic rings. The summed E-state index contributed by atoms with van der Waals surface area (Å²) >= 11 is 6.30. The molecule has 0 spiro atoms. The van der Waals surface area contributed by atoms with Gasteiger partial charge in [-0.2, -0.15) is 15.2 Å². The fourth-order valence-electron chi connectivity index (χ4n) is 4.29. The molecule has 1 atom stereocenters. The summed E-state index contributed by atoms with van der Waals surface area (Å²) in [5.41, 5.74) is 0.454. The van der Waals surface area contributed by atoms with E-state index in [1.54, 1.807) is 17.0 Å². The minimum Gasteiger partial charge on any atom is -0.462 e. The van der Waals surface area contributed by atoms with Crippen molar-refractivity contribution >= 4 is 34.4 Å². The molecule has 0 bridgehead atoms. The maximum Gasteiger partial charge on any atom is 0.410 e. The van der Waals surface area contributed by atoms with Crippen LogP contribution in [-0.4, -0.2) is 83.9 Å². The Morgan fingerprint density at radius 3 is 2.56 bits per heavy atom. The van der Waals surface area contributed by atoms with Crippen molar-refractivity contribution in [2.75, 3.05) is 51.3 Å². The Bertz CT molecular complexity index is 1100. The quantitative estimate of drug-likeness (QED) is 0.645. The first-order valence-corrected chi connectivity index (χ1v) is 12.0. The molecule has 34 heavy (non-hydrogen) atoms. The highest BCUT2D eigenvalue weighted by molar-refractivity contribution is 6.32.